The molecule has 0 aliphatic rings. The molecule has 1 aromatic carbocycles. The summed E-state index contributed by atoms with van der Waals surface area (Å²) >= 11 is 9.21. The molecule has 1 heterocycles. The van der Waals surface area contributed by atoms with Crippen LogP contribution >= 0.6 is 27.5 Å². The van der Waals surface area contributed by atoms with Crippen LogP contribution < -0.4 is 5.32 Å². The highest BCUT2D eigenvalue weighted by Gasteiger charge is 2.02. The largest absolute Gasteiger partial charge is 0.365 e. The number of rotatable bonds is 3. The molecule has 0 spiro atoms. The van der Waals surface area contributed by atoms with Crippen molar-refractivity contribution < 1.29 is 0 Å². The Hall–Kier alpha value is -1.57. The van der Waals surface area contributed by atoms with Gasteiger partial charge in [-0.1, -0.05) is 23.7 Å². The number of anilines is 1. The molecule has 1 aromatic heterocycles. The normalized spacial score (nSPS) is 9.83. The van der Waals surface area contributed by atoms with Gasteiger partial charge < -0.3 is 5.32 Å². The second kappa shape index (κ2) is 5.85. The minimum absolute atomic E-state index is 0.589. The van der Waals surface area contributed by atoms with Crippen molar-refractivity contribution in [1.29, 1.82) is 5.26 Å². The van der Waals surface area contributed by atoms with Crippen molar-refractivity contribution in [2.75, 3.05) is 5.32 Å². The minimum Gasteiger partial charge on any atom is -0.365 e. The van der Waals surface area contributed by atoms with Crippen LogP contribution in [0.15, 0.2) is 41.0 Å². The molecule has 0 bridgehead atoms. The number of hydrogen-bond acceptors (Lipinski definition) is 3. The average molecular weight is 323 g/mol. The molecule has 2 aromatic rings. The van der Waals surface area contributed by atoms with Gasteiger partial charge >= 0.3 is 0 Å². The Morgan fingerprint density at radius 2 is 2.06 bits per heavy atom. The molecule has 0 amide bonds. The topological polar surface area (TPSA) is 48.7 Å². The van der Waals surface area contributed by atoms with Crippen LogP contribution in [0.25, 0.3) is 0 Å². The minimum atomic E-state index is 0.589. The second-order valence-corrected chi connectivity index (χ2v) is 4.94. The van der Waals surface area contributed by atoms with E-state index in [1.807, 2.05) is 12.1 Å². The highest BCUT2D eigenvalue weighted by atomic mass is 79.9. The summed E-state index contributed by atoms with van der Waals surface area (Å²) in [6.07, 6.45) is 1.59. The van der Waals surface area contributed by atoms with Crippen molar-refractivity contribution >= 4 is 33.3 Å². The molecule has 0 fully saturated rings. The van der Waals surface area contributed by atoms with Gasteiger partial charge in [0.1, 0.15) is 5.82 Å². The molecule has 0 saturated heterocycles. The fourth-order valence-electron chi connectivity index (χ4n) is 1.43. The van der Waals surface area contributed by atoms with E-state index in [4.69, 9.17) is 16.9 Å². The molecule has 2 rings (SSSR count). The van der Waals surface area contributed by atoms with Crippen LogP contribution in [0.1, 0.15) is 11.1 Å². The first-order valence-electron chi connectivity index (χ1n) is 5.23. The standard InChI is InChI=1S/C13H9BrClN3/c14-12-5-11(15)8-18-13(12)17-7-10-3-1-9(6-16)2-4-10/h1-5,8H,7H2,(H,17,18). The van der Waals surface area contributed by atoms with Gasteiger partial charge in [-0.15, -0.1) is 0 Å². The number of benzene rings is 1. The number of nitrogens with one attached hydrogen (secondary N) is 1. The van der Waals surface area contributed by atoms with Gasteiger partial charge in [0, 0.05) is 12.7 Å². The molecule has 5 heteroatoms. The molecular weight excluding hydrogens is 314 g/mol. The third-order valence-corrected chi connectivity index (χ3v) is 3.16. The lowest BCUT2D eigenvalue weighted by Gasteiger charge is -2.07. The van der Waals surface area contributed by atoms with E-state index in [-0.39, 0.29) is 0 Å². The van der Waals surface area contributed by atoms with Crippen LogP contribution in [0, 0.1) is 11.3 Å². The van der Waals surface area contributed by atoms with Gasteiger partial charge in [0.05, 0.1) is 21.1 Å². The number of pyridine rings is 1. The van der Waals surface area contributed by atoms with Crippen molar-refractivity contribution in [3.05, 3.63) is 57.2 Å². The Morgan fingerprint density at radius 3 is 2.67 bits per heavy atom. The number of nitrogens with zero attached hydrogens (tertiary/aromatic N) is 2. The number of halogens is 2. The van der Waals surface area contributed by atoms with Crippen LogP contribution in [0.2, 0.25) is 5.02 Å². The summed E-state index contributed by atoms with van der Waals surface area (Å²) in [6.45, 7) is 0.638. The van der Waals surface area contributed by atoms with Crippen molar-refractivity contribution in [3.63, 3.8) is 0 Å². The van der Waals surface area contributed by atoms with E-state index in [2.05, 4.69) is 32.3 Å². The van der Waals surface area contributed by atoms with Gasteiger partial charge in [-0.25, -0.2) is 4.98 Å². The highest BCUT2D eigenvalue weighted by molar-refractivity contribution is 9.10. The van der Waals surface area contributed by atoms with Crippen LogP contribution in [-0.2, 0) is 6.54 Å². The third-order valence-electron chi connectivity index (χ3n) is 2.35. The fourth-order valence-corrected chi connectivity index (χ4v) is 2.21. The van der Waals surface area contributed by atoms with Gasteiger partial charge in [0.2, 0.25) is 0 Å². The molecule has 3 nitrogen and oxygen atoms in total. The van der Waals surface area contributed by atoms with Crippen molar-refractivity contribution in [1.82, 2.24) is 4.98 Å². The monoisotopic (exact) mass is 321 g/mol. The van der Waals surface area contributed by atoms with E-state index in [9.17, 15) is 0 Å². The summed E-state index contributed by atoms with van der Waals surface area (Å²) in [5.41, 5.74) is 1.74. The Kier molecular flexibility index (Phi) is 4.19. The Bertz CT molecular complexity index is 590. The Balaban J connectivity index is 2.04. The van der Waals surface area contributed by atoms with Crippen molar-refractivity contribution in [2.24, 2.45) is 0 Å². The Morgan fingerprint density at radius 1 is 1.33 bits per heavy atom. The molecule has 90 valence electrons. The van der Waals surface area contributed by atoms with E-state index in [1.165, 1.54) is 0 Å². The Labute approximate surface area is 119 Å². The first kappa shape index (κ1) is 12.9. The summed E-state index contributed by atoms with van der Waals surface area (Å²) in [7, 11) is 0. The quantitative estimate of drug-likeness (QED) is 0.930. The summed E-state index contributed by atoms with van der Waals surface area (Å²) in [4.78, 5) is 4.18. The summed E-state index contributed by atoms with van der Waals surface area (Å²) in [6, 6.07) is 11.3. The first-order chi connectivity index (χ1) is 8.69. The highest BCUT2D eigenvalue weighted by Crippen LogP contribution is 2.23. The molecule has 0 unspecified atom stereocenters. The lowest BCUT2D eigenvalue weighted by atomic mass is 10.1. The lowest BCUT2D eigenvalue weighted by molar-refractivity contribution is 1.10. The number of aromatic nitrogens is 1. The lowest BCUT2D eigenvalue weighted by Crippen LogP contribution is -2.01. The maximum Gasteiger partial charge on any atom is 0.140 e. The average Bonchev–Trinajstić information content (AvgIpc) is 2.38. The molecule has 0 aliphatic heterocycles. The predicted molar refractivity (Wildman–Crippen MR) is 75.4 cm³/mol. The zero-order valence-corrected chi connectivity index (χ0v) is 11.7. The fraction of sp³-hybridized carbons (Fsp3) is 0.0769. The van der Waals surface area contributed by atoms with E-state index in [1.54, 1.807) is 24.4 Å². The molecule has 0 aliphatic carbocycles. The maximum absolute atomic E-state index is 8.70. The third kappa shape index (κ3) is 3.22. The molecule has 1 N–H and O–H groups in total. The van der Waals surface area contributed by atoms with Gasteiger partial charge in [0.15, 0.2) is 0 Å². The SMILES string of the molecule is N#Cc1ccc(CNc2ncc(Cl)cc2Br)cc1. The van der Waals surface area contributed by atoms with E-state index < -0.39 is 0 Å². The van der Waals surface area contributed by atoms with E-state index in [0.29, 0.717) is 17.1 Å². The predicted octanol–water partition coefficient (Wildman–Crippen LogP) is 3.98. The van der Waals surface area contributed by atoms with Crippen LogP contribution in [0.5, 0.6) is 0 Å². The summed E-state index contributed by atoms with van der Waals surface area (Å²) in [5.74, 6) is 0.740. The van der Waals surface area contributed by atoms with E-state index >= 15 is 0 Å². The van der Waals surface area contributed by atoms with Crippen LogP contribution in [0.4, 0.5) is 5.82 Å². The van der Waals surface area contributed by atoms with Crippen molar-refractivity contribution in [2.45, 2.75) is 6.54 Å². The van der Waals surface area contributed by atoms with Crippen LogP contribution in [-0.4, -0.2) is 4.98 Å². The van der Waals surface area contributed by atoms with Gasteiger partial charge in [0.25, 0.3) is 0 Å². The van der Waals surface area contributed by atoms with E-state index in [0.717, 1.165) is 15.9 Å². The summed E-state index contributed by atoms with van der Waals surface area (Å²) in [5, 5.41) is 12.5. The van der Waals surface area contributed by atoms with Gasteiger partial charge in [-0.3, -0.25) is 0 Å². The first-order valence-corrected chi connectivity index (χ1v) is 6.40. The number of nitriles is 1. The van der Waals surface area contributed by atoms with Gasteiger partial charge in [-0.2, -0.15) is 5.26 Å². The maximum atomic E-state index is 8.70. The molecule has 0 atom stereocenters. The van der Waals surface area contributed by atoms with Crippen molar-refractivity contribution in [3.8, 4) is 6.07 Å². The number of hydrogen-bond donors (Lipinski definition) is 1. The zero-order chi connectivity index (χ0) is 13.0. The molecule has 18 heavy (non-hydrogen) atoms. The second-order valence-electron chi connectivity index (χ2n) is 3.65. The molecule has 0 saturated carbocycles. The molecular formula is C13H9BrClN3. The molecule has 0 radical (unpaired) electrons. The van der Waals surface area contributed by atoms with Gasteiger partial charge in [-0.05, 0) is 39.7 Å². The zero-order valence-electron chi connectivity index (χ0n) is 9.32. The summed E-state index contributed by atoms with van der Waals surface area (Å²) < 4.78 is 0.823. The smallest absolute Gasteiger partial charge is 0.140 e. The van der Waals surface area contributed by atoms with Crippen LogP contribution in [0.3, 0.4) is 0 Å².